The number of aryl methyl sites for hydroxylation is 1. The monoisotopic (exact) mass is 410 g/mol. The third-order valence-corrected chi connectivity index (χ3v) is 6.07. The molecule has 0 unspecified atom stereocenters. The van der Waals surface area contributed by atoms with Crippen LogP contribution in [0.5, 0.6) is 5.75 Å². The molecule has 3 heterocycles. The third kappa shape index (κ3) is 4.07. The molecule has 0 aliphatic carbocycles. The molecule has 3 aromatic rings. The van der Waals surface area contributed by atoms with Crippen molar-refractivity contribution in [3.8, 4) is 5.75 Å². The number of pyridine rings is 1. The van der Waals surface area contributed by atoms with Gasteiger partial charge >= 0.3 is 0 Å². The molecule has 0 amide bonds. The number of benzene rings is 1. The molecule has 1 fully saturated rings. The van der Waals surface area contributed by atoms with E-state index in [2.05, 4.69) is 21.8 Å². The zero-order valence-corrected chi connectivity index (χ0v) is 17.7. The predicted octanol–water partition coefficient (Wildman–Crippen LogP) is 3.47. The van der Waals surface area contributed by atoms with Crippen molar-refractivity contribution < 1.29 is 9.13 Å². The summed E-state index contributed by atoms with van der Waals surface area (Å²) in [7, 11) is 1.70. The smallest absolute Gasteiger partial charge is 0.261 e. The summed E-state index contributed by atoms with van der Waals surface area (Å²) in [6.45, 7) is 7.44. The lowest BCUT2D eigenvalue weighted by molar-refractivity contribution is 0.164. The van der Waals surface area contributed by atoms with Crippen LogP contribution in [-0.4, -0.2) is 39.6 Å². The highest BCUT2D eigenvalue weighted by Crippen LogP contribution is 2.26. The van der Waals surface area contributed by atoms with Crippen molar-refractivity contribution in [2.45, 2.75) is 39.8 Å². The Hall–Kier alpha value is -2.80. The second kappa shape index (κ2) is 8.52. The van der Waals surface area contributed by atoms with Crippen LogP contribution >= 0.6 is 0 Å². The Morgan fingerprint density at radius 1 is 1.20 bits per heavy atom. The van der Waals surface area contributed by atoms with E-state index in [1.807, 2.05) is 13.1 Å². The second-order valence-electron chi connectivity index (χ2n) is 8.13. The summed E-state index contributed by atoms with van der Waals surface area (Å²) < 4.78 is 20.5. The van der Waals surface area contributed by atoms with Crippen molar-refractivity contribution in [2.24, 2.45) is 5.92 Å². The van der Waals surface area contributed by atoms with Gasteiger partial charge in [-0.15, -0.1) is 0 Å². The molecule has 1 aromatic carbocycles. The molecule has 1 aliphatic heterocycles. The van der Waals surface area contributed by atoms with Gasteiger partial charge in [-0.3, -0.25) is 19.2 Å². The van der Waals surface area contributed by atoms with Gasteiger partial charge in [-0.05, 0) is 57.8 Å². The molecule has 1 saturated heterocycles. The van der Waals surface area contributed by atoms with Gasteiger partial charge in [-0.2, -0.15) is 0 Å². The summed E-state index contributed by atoms with van der Waals surface area (Å²) in [5.41, 5.74) is 3.51. The summed E-state index contributed by atoms with van der Waals surface area (Å²) in [6, 6.07) is 4.13. The van der Waals surface area contributed by atoms with Gasteiger partial charge in [0, 0.05) is 36.5 Å². The lowest BCUT2D eigenvalue weighted by Crippen LogP contribution is -2.36. The van der Waals surface area contributed by atoms with E-state index in [0.29, 0.717) is 23.4 Å². The highest BCUT2D eigenvalue weighted by Gasteiger charge is 2.22. The predicted molar refractivity (Wildman–Crippen MR) is 114 cm³/mol. The molecule has 30 heavy (non-hydrogen) atoms. The fraction of sp³-hybridized carbons (Fsp3) is 0.435. The number of aromatic nitrogens is 3. The SMILES string of the molecule is COc1c(C)cnc(CN2CCC(Cn3cnc4cc(F)ccc4c3=O)CC2)c1C. The first-order valence-electron chi connectivity index (χ1n) is 10.3. The number of piperidine rings is 1. The summed E-state index contributed by atoms with van der Waals surface area (Å²) >= 11 is 0. The molecule has 7 heteroatoms. The van der Waals surface area contributed by atoms with Crippen molar-refractivity contribution in [3.05, 3.63) is 63.7 Å². The van der Waals surface area contributed by atoms with Crippen LogP contribution in [0.3, 0.4) is 0 Å². The number of halogens is 1. The Kier molecular flexibility index (Phi) is 5.81. The molecular formula is C23H27FN4O2. The van der Waals surface area contributed by atoms with Gasteiger partial charge in [0.25, 0.3) is 5.56 Å². The molecule has 6 nitrogen and oxygen atoms in total. The molecule has 0 spiro atoms. The van der Waals surface area contributed by atoms with Crippen molar-refractivity contribution in [2.75, 3.05) is 20.2 Å². The lowest BCUT2D eigenvalue weighted by atomic mass is 9.96. The molecule has 2 aromatic heterocycles. The molecule has 0 atom stereocenters. The Labute approximate surface area is 175 Å². The van der Waals surface area contributed by atoms with Gasteiger partial charge in [0.15, 0.2) is 0 Å². The minimum atomic E-state index is -0.379. The van der Waals surface area contributed by atoms with E-state index in [0.717, 1.165) is 55.0 Å². The highest BCUT2D eigenvalue weighted by molar-refractivity contribution is 5.77. The zero-order valence-electron chi connectivity index (χ0n) is 17.7. The minimum Gasteiger partial charge on any atom is -0.496 e. The number of ether oxygens (including phenoxy) is 1. The fourth-order valence-electron chi connectivity index (χ4n) is 4.31. The van der Waals surface area contributed by atoms with Crippen molar-refractivity contribution in [3.63, 3.8) is 0 Å². The number of nitrogens with zero attached hydrogens (tertiary/aromatic N) is 4. The normalized spacial score (nSPS) is 15.6. The van der Waals surface area contributed by atoms with E-state index in [9.17, 15) is 9.18 Å². The van der Waals surface area contributed by atoms with Crippen molar-refractivity contribution in [1.82, 2.24) is 19.4 Å². The number of rotatable bonds is 5. The fourth-order valence-corrected chi connectivity index (χ4v) is 4.31. The number of hydrogen-bond donors (Lipinski definition) is 0. The second-order valence-corrected chi connectivity index (χ2v) is 8.13. The summed E-state index contributed by atoms with van der Waals surface area (Å²) in [4.78, 5) is 24.0. The van der Waals surface area contributed by atoms with Crippen molar-refractivity contribution in [1.29, 1.82) is 0 Å². The Morgan fingerprint density at radius 3 is 2.70 bits per heavy atom. The highest BCUT2D eigenvalue weighted by atomic mass is 19.1. The largest absolute Gasteiger partial charge is 0.496 e. The van der Waals surface area contributed by atoms with E-state index in [1.54, 1.807) is 18.0 Å². The molecule has 158 valence electrons. The lowest BCUT2D eigenvalue weighted by Gasteiger charge is -2.32. The molecule has 4 rings (SSSR count). The molecule has 0 bridgehead atoms. The first-order valence-corrected chi connectivity index (χ1v) is 10.3. The van der Waals surface area contributed by atoms with E-state index in [4.69, 9.17) is 4.74 Å². The maximum Gasteiger partial charge on any atom is 0.261 e. The summed E-state index contributed by atoms with van der Waals surface area (Å²) in [5, 5.41) is 0.464. The standard InChI is InChI=1S/C23H27FN4O2/c1-15-11-25-21(16(2)22(15)30-3)13-27-8-6-17(7-9-27)12-28-14-26-20-10-18(24)4-5-19(20)23(28)29/h4-5,10-11,14,17H,6-9,12-13H2,1-3H3. The van der Waals surface area contributed by atoms with Crippen LogP contribution in [0.15, 0.2) is 35.5 Å². The van der Waals surface area contributed by atoms with Crippen LogP contribution < -0.4 is 10.3 Å². The first kappa shape index (κ1) is 20.5. The molecule has 1 aliphatic rings. The van der Waals surface area contributed by atoms with Crippen LogP contribution in [-0.2, 0) is 13.1 Å². The average Bonchev–Trinajstić information content (AvgIpc) is 2.74. The molecular weight excluding hydrogens is 383 g/mol. The average molecular weight is 410 g/mol. The number of hydrogen-bond acceptors (Lipinski definition) is 5. The van der Waals surface area contributed by atoms with Crippen molar-refractivity contribution >= 4 is 10.9 Å². The van der Waals surface area contributed by atoms with E-state index >= 15 is 0 Å². The topological polar surface area (TPSA) is 60.2 Å². The van der Waals surface area contributed by atoms with Crippen LogP contribution in [0, 0.1) is 25.6 Å². The zero-order chi connectivity index (χ0) is 21.3. The van der Waals surface area contributed by atoms with Crippen LogP contribution in [0.25, 0.3) is 10.9 Å². The molecule has 0 radical (unpaired) electrons. The summed E-state index contributed by atoms with van der Waals surface area (Å²) in [5.74, 6) is 0.952. The third-order valence-electron chi connectivity index (χ3n) is 6.07. The van der Waals surface area contributed by atoms with Crippen LogP contribution in [0.1, 0.15) is 29.7 Å². The Morgan fingerprint density at radius 2 is 1.97 bits per heavy atom. The van der Waals surface area contributed by atoms with Crippen LogP contribution in [0.2, 0.25) is 0 Å². The van der Waals surface area contributed by atoms with Gasteiger partial charge < -0.3 is 4.74 Å². The van der Waals surface area contributed by atoms with Gasteiger partial charge in [0.2, 0.25) is 0 Å². The number of likely N-dealkylation sites (tertiary alicyclic amines) is 1. The van der Waals surface area contributed by atoms with Gasteiger partial charge in [0.05, 0.1) is 30.0 Å². The van der Waals surface area contributed by atoms with Gasteiger partial charge in [-0.1, -0.05) is 0 Å². The number of methoxy groups -OCH3 is 1. The molecule has 0 saturated carbocycles. The maximum absolute atomic E-state index is 13.4. The quantitative estimate of drug-likeness (QED) is 0.645. The van der Waals surface area contributed by atoms with E-state index in [1.165, 1.54) is 18.2 Å². The van der Waals surface area contributed by atoms with E-state index < -0.39 is 0 Å². The first-order chi connectivity index (χ1) is 14.5. The number of fused-ring (bicyclic) bond motifs is 1. The van der Waals surface area contributed by atoms with Crippen LogP contribution in [0.4, 0.5) is 4.39 Å². The minimum absolute atomic E-state index is 0.103. The van der Waals surface area contributed by atoms with E-state index in [-0.39, 0.29) is 11.4 Å². The Balaban J connectivity index is 1.40. The Bertz CT molecular complexity index is 1120. The maximum atomic E-state index is 13.4. The summed E-state index contributed by atoms with van der Waals surface area (Å²) in [6.07, 6.45) is 5.44. The molecule has 0 N–H and O–H groups in total. The van der Waals surface area contributed by atoms with Gasteiger partial charge in [0.1, 0.15) is 11.6 Å². The van der Waals surface area contributed by atoms with Gasteiger partial charge in [-0.25, -0.2) is 9.37 Å².